The molecule has 3 N–H and O–H groups in total. The topological polar surface area (TPSA) is 94.9 Å². The van der Waals surface area contributed by atoms with Crippen LogP contribution < -0.4 is 15.7 Å². The molecule has 3 rings (SSSR count). The number of benzene rings is 1. The van der Waals surface area contributed by atoms with Gasteiger partial charge < -0.3 is 15.0 Å². The van der Waals surface area contributed by atoms with Crippen molar-refractivity contribution in [3.8, 4) is 0 Å². The van der Waals surface area contributed by atoms with Gasteiger partial charge in [-0.15, -0.1) is 0 Å². The smallest absolute Gasteiger partial charge is 0.199 e. The summed E-state index contributed by atoms with van der Waals surface area (Å²) >= 11 is 5.21. The molecule has 1 aromatic carbocycles. The molecule has 0 atom stereocenters. The third-order valence-corrected chi connectivity index (χ3v) is 3.74. The van der Waals surface area contributed by atoms with Crippen LogP contribution in [0.15, 0.2) is 47.7 Å². The lowest BCUT2D eigenvalue weighted by molar-refractivity contribution is 0.122. The monoisotopic (exact) mass is 358 g/mol. The van der Waals surface area contributed by atoms with Crippen LogP contribution in [0.3, 0.4) is 0 Å². The molecule has 1 fully saturated rings. The second kappa shape index (κ2) is 8.47. The molecule has 0 bridgehead atoms. The lowest BCUT2D eigenvalue weighted by atomic mass is 10.3. The van der Waals surface area contributed by atoms with E-state index >= 15 is 0 Å². The zero-order chi connectivity index (χ0) is 17.5. The lowest BCUT2D eigenvalue weighted by Gasteiger charge is -2.27. The number of ether oxygens (including phenoxy) is 1. The number of anilines is 2. The van der Waals surface area contributed by atoms with Gasteiger partial charge in [-0.2, -0.15) is 4.99 Å². The van der Waals surface area contributed by atoms with Crippen molar-refractivity contribution in [2.75, 3.05) is 36.5 Å². The lowest BCUT2D eigenvalue weighted by Crippen LogP contribution is -2.37. The number of aliphatic imine (C=N–C) groups is 1. The van der Waals surface area contributed by atoms with Crippen molar-refractivity contribution in [2.45, 2.75) is 0 Å². The maximum absolute atomic E-state index is 9.43. The average Bonchev–Trinajstić information content (AvgIpc) is 2.68. The summed E-state index contributed by atoms with van der Waals surface area (Å²) in [5, 5.41) is 12.6. The number of aromatic nitrogens is 2. The van der Waals surface area contributed by atoms with Gasteiger partial charge in [-0.1, -0.05) is 18.2 Å². The summed E-state index contributed by atoms with van der Waals surface area (Å²) in [5.41, 5.74) is 3.24. The SMILES string of the molecule is ON/C(=N\C(=S)Nc1ccccc1)c1cncc(N2CCOCC2)n1. The second-order valence-electron chi connectivity index (χ2n) is 5.23. The molecule has 1 aliphatic heterocycles. The van der Waals surface area contributed by atoms with E-state index in [-0.39, 0.29) is 10.9 Å². The fourth-order valence-electron chi connectivity index (χ4n) is 2.33. The van der Waals surface area contributed by atoms with E-state index < -0.39 is 0 Å². The number of amidine groups is 1. The third-order valence-electron chi connectivity index (χ3n) is 3.54. The Morgan fingerprint density at radius 2 is 1.96 bits per heavy atom. The van der Waals surface area contributed by atoms with E-state index in [0.717, 1.165) is 18.8 Å². The van der Waals surface area contributed by atoms with Crippen molar-refractivity contribution in [1.29, 1.82) is 0 Å². The maximum atomic E-state index is 9.43. The van der Waals surface area contributed by atoms with Crippen LogP contribution in [0.2, 0.25) is 0 Å². The molecule has 0 saturated carbocycles. The van der Waals surface area contributed by atoms with E-state index in [1.807, 2.05) is 35.8 Å². The van der Waals surface area contributed by atoms with Gasteiger partial charge in [-0.3, -0.25) is 15.7 Å². The van der Waals surface area contributed by atoms with Crippen LogP contribution in [-0.2, 0) is 4.74 Å². The Hall–Kier alpha value is -2.62. The zero-order valence-electron chi connectivity index (χ0n) is 13.4. The first-order valence-corrected chi connectivity index (χ1v) is 8.17. The van der Waals surface area contributed by atoms with E-state index in [9.17, 15) is 5.21 Å². The molecule has 1 aliphatic rings. The Kier molecular flexibility index (Phi) is 5.83. The minimum absolute atomic E-state index is 0.121. The van der Waals surface area contributed by atoms with Gasteiger partial charge in [0.05, 0.1) is 25.6 Å². The van der Waals surface area contributed by atoms with Gasteiger partial charge in [0, 0.05) is 18.8 Å². The highest BCUT2D eigenvalue weighted by molar-refractivity contribution is 7.80. The highest BCUT2D eigenvalue weighted by Gasteiger charge is 2.15. The van der Waals surface area contributed by atoms with Gasteiger partial charge in [-0.05, 0) is 24.4 Å². The van der Waals surface area contributed by atoms with E-state index in [2.05, 4.69) is 25.2 Å². The standard InChI is InChI=1S/C16H18N6O2S/c23-21-15(20-16(25)18-12-4-2-1-3-5-12)13-10-17-11-14(19-13)22-6-8-24-9-7-22/h1-5,10-11,23H,6-9H2,(H2,18,20,21,25). The van der Waals surface area contributed by atoms with Gasteiger partial charge in [0.1, 0.15) is 11.5 Å². The van der Waals surface area contributed by atoms with Crippen molar-refractivity contribution >= 4 is 34.7 Å². The summed E-state index contributed by atoms with van der Waals surface area (Å²) in [6, 6.07) is 9.42. The van der Waals surface area contributed by atoms with Gasteiger partial charge in [0.25, 0.3) is 0 Å². The van der Waals surface area contributed by atoms with Crippen LogP contribution in [0, 0.1) is 0 Å². The van der Waals surface area contributed by atoms with E-state index in [0.29, 0.717) is 24.7 Å². The second-order valence-corrected chi connectivity index (χ2v) is 5.62. The van der Waals surface area contributed by atoms with Gasteiger partial charge in [0.2, 0.25) is 0 Å². The molecule has 1 saturated heterocycles. The number of rotatable bonds is 3. The maximum Gasteiger partial charge on any atom is 0.199 e. The van der Waals surface area contributed by atoms with Crippen molar-refractivity contribution in [2.24, 2.45) is 4.99 Å². The number of hydroxylamine groups is 1. The van der Waals surface area contributed by atoms with Crippen LogP contribution in [-0.4, -0.2) is 52.4 Å². The van der Waals surface area contributed by atoms with Crippen molar-refractivity contribution in [3.05, 3.63) is 48.4 Å². The number of morpholine rings is 1. The minimum atomic E-state index is 0.121. The molecule has 0 unspecified atom stereocenters. The van der Waals surface area contributed by atoms with Crippen molar-refractivity contribution in [3.63, 3.8) is 0 Å². The number of thiocarbonyl (C=S) groups is 1. The largest absolute Gasteiger partial charge is 0.378 e. The fourth-order valence-corrected chi connectivity index (χ4v) is 2.54. The first kappa shape index (κ1) is 17.2. The number of nitrogens with one attached hydrogen (secondary N) is 2. The Balaban J connectivity index is 1.76. The normalized spacial score (nSPS) is 14.9. The minimum Gasteiger partial charge on any atom is -0.378 e. The molecule has 0 radical (unpaired) electrons. The van der Waals surface area contributed by atoms with Crippen LogP contribution >= 0.6 is 12.2 Å². The Morgan fingerprint density at radius 1 is 1.20 bits per heavy atom. The summed E-state index contributed by atoms with van der Waals surface area (Å²) < 4.78 is 5.34. The molecule has 1 aromatic heterocycles. The summed E-state index contributed by atoms with van der Waals surface area (Å²) in [5.74, 6) is 0.821. The molecule has 2 heterocycles. The molecule has 0 amide bonds. The first-order valence-electron chi connectivity index (χ1n) is 7.76. The Labute approximate surface area is 150 Å². The Bertz CT molecular complexity index is 749. The summed E-state index contributed by atoms with van der Waals surface area (Å²) in [6.45, 7) is 2.78. The van der Waals surface area contributed by atoms with Crippen molar-refractivity contribution < 1.29 is 9.94 Å². The van der Waals surface area contributed by atoms with E-state index in [1.54, 1.807) is 6.20 Å². The number of hydrogen-bond donors (Lipinski definition) is 3. The van der Waals surface area contributed by atoms with Crippen molar-refractivity contribution in [1.82, 2.24) is 15.4 Å². The average molecular weight is 358 g/mol. The quantitative estimate of drug-likeness (QED) is 0.328. The third kappa shape index (κ3) is 4.69. The molecule has 25 heavy (non-hydrogen) atoms. The number of nitrogens with zero attached hydrogens (tertiary/aromatic N) is 4. The summed E-state index contributed by atoms with van der Waals surface area (Å²) in [7, 11) is 0. The first-order chi connectivity index (χ1) is 12.3. The molecule has 2 aromatic rings. The highest BCUT2D eigenvalue weighted by Crippen LogP contribution is 2.12. The van der Waals surface area contributed by atoms with Crippen LogP contribution in [0.4, 0.5) is 11.5 Å². The number of hydrogen-bond acceptors (Lipinski definition) is 6. The van der Waals surface area contributed by atoms with Gasteiger partial charge in [-0.25, -0.2) is 4.98 Å². The molecule has 130 valence electrons. The fraction of sp³-hybridized carbons (Fsp3) is 0.250. The zero-order valence-corrected chi connectivity index (χ0v) is 14.2. The molecule has 0 spiro atoms. The molecular formula is C16H18N6O2S. The van der Waals surface area contributed by atoms with Gasteiger partial charge in [0.15, 0.2) is 10.9 Å². The molecular weight excluding hydrogens is 340 g/mol. The van der Waals surface area contributed by atoms with E-state index in [4.69, 9.17) is 17.0 Å². The van der Waals surface area contributed by atoms with Crippen LogP contribution in [0.25, 0.3) is 0 Å². The molecule has 0 aliphatic carbocycles. The molecule has 9 heteroatoms. The summed E-state index contributed by atoms with van der Waals surface area (Å²) in [6.07, 6.45) is 3.18. The predicted octanol–water partition coefficient (Wildman–Crippen LogP) is 1.44. The van der Waals surface area contributed by atoms with Crippen LogP contribution in [0.5, 0.6) is 0 Å². The van der Waals surface area contributed by atoms with Crippen LogP contribution in [0.1, 0.15) is 5.69 Å². The van der Waals surface area contributed by atoms with Gasteiger partial charge >= 0.3 is 0 Å². The molecule has 8 nitrogen and oxygen atoms in total. The number of para-hydroxylation sites is 1. The highest BCUT2D eigenvalue weighted by atomic mass is 32.1. The van der Waals surface area contributed by atoms with E-state index in [1.165, 1.54) is 6.20 Å². The Morgan fingerprint density at radius 3 is 2.68 bits per heavy atom. The predicted molar refractivity (Wildman–Crippen MR) is 99.2 cm³/mol. The summed E-state index contributed by atoms with van der Waals surface area (Å²) in [4.78, 5) is 14.9.